The summed E-state index contributed by atoms with van der Waals surface area (Å²) in [5.74, 6) is 0.312. The minimum absolute atomic E-state index is 0.0987. The lowest BCUT2D eigenvalue weighted by atomic mass is 9.88. The first-order chi connectivity index (χ1) is 7.63. The van der Waals surface area contributed by atoms with Crippen LogP contribution < -0.4 is 5.32 Å². The van der Waals surface area contributed by atoms with Crippen molar-refractivity contribution < 1.29 is 10.2 Å². The second kappa shape index (κ2) is 4.85. The van der Waals surface area contributed by atoms with Gasteiger partial charge in [0, 0.05) is 12.1 Å². The summed E-state index contributed by atoms with van der Waals surface area (Å²) in [5, 5.41) is 21.8. The van der Waals surface area contributed by atoms with Gasteiger partial charge in [0.2, 0.25) is 0 Å². The van der Waals surface area contributed by atoms with Crippen LogP contribution in [0.25, 0.3) is 0 Å². The standard InChI is InChI=1S/C13H19NO2/c1-9(14-11-7-13(16)8-11)6-10-2-4-12(15)5-3-10/h2-5,9,11,13-16H,6-8H2,1H3. The van der Waals surface area contributed by atoms with Gasteiger partial charge in [-0.2, -0.15) is 0 Å². The van der Waals surface area contributed by atoms with Crippen molar-refractivity contribution in [1.29, 1.82) is 0 Å². The molecule has 0 bridgehead atoms. The molecule has 0 heterocycles. The Labute approximate surface area is 96.1 Å². The number of aliphatic hydroxyl groups is 1. The summed E-state index contributed by atoms with van der Waals surface area (Å²) in [7, 11) is 0. The fourth-order valence-corrected chi connectivity index (χ4v) is 2.17. The molecule has 3 nitrogen and oxygen atoms in total. The molecular weight excluding hydrogens is 202 g/mol. The number of phenols is 1. The van der Waals surface area contributed by atoms with Crippen molar-refractivity contribution in [2.45, 2.75) is 44.4 Å². The summed E-state index contributed by atoms with van der Waals surface area (Å²) >= 11 is 0. The Morgan fingerprint density at radius 3 is 2.50 bits per heavy atom. The Kier molecular flexibility index (Phi) is 3.46. The molecule has 88 valence electrons. The van der Waals surface area contributed by atoms with Gasteiger partial charge in [-0.05, 0) is 43.9 Å². The third kappa shape index (κ3) is 2.97. The predicted molar refractivity (Wildman–Crippen MR) is 63.4 cm³/mol. The van der Waals surface area contributed by atoms with Gasteiger partial charge in [-0.25, -0.2) is 0 Å². The number of rotatable bonds is 4. The van der Waals surface area contributed by atoms with Crippen LogP contribution >= 0.6 is 0 Å². The largest absolute Gasteiger partial charge is 0.508 e. The minimum atomic E-state index is -0.0987. The Bertz CT molecular complexity index is 330. The van der Waals surface area contributed by atoms with E-state index in [0.29, 0.717) is 17.8 Å². The van der Waals surface area contributed by atoms with Gasteiger partial charge in [0.1, 0.15) is 5.75 Å². The lowest BCUT2D eigenvalue weighted by molar-refractivity contribution is 0.0586. The van der Waals surface area contributed by atoms with Crippen LogP contribution in [-0.4, -0.2) is 28.4 Å². The van der Waals surface area contributed by atoms with Crippen molar-refractivity contribution in [2.24, 2.45) is 0 Å². The topological polar surface area (TPSA) is 52.5 Å². The second-order valence-electron chi connectivity index (χ2n) is 4.76. The number of nitrogens with one attached hydrogen (secondary N) is 1. The Balaban J connectivity index is 1.78. The van der Waals surface area contributed by atoms with Crippen molar-refractivity contribution in [3.05, 3.63) is 29.8 Å². The lowest BCUT2D eigenvalue weighted by Gasteiger charge is -2.34. The van der Waals surface area contributed by atoms with Crippen molar-refractivity contribution in [2.75, 3.05) is 0 Å². The summed E-state index contributed by atoms with van der Waals surface area (Å²) < 4.78 is 0. The van der Waals surface area contributed by atoms with Gasteiger partial charge in [0.15, 0.2) is 0 Å². The van der Waals surface area contributed by atoms with E-state index in [1.807, 2.05) is 12.1 Å². The maximum Gasteiger partial charge on any atom is 0.115 e. The predicted octanol–water partition coefficient (Wildman–Crippen LogP) is 1.44. The quantitative estimate of drug-likeness (QED) is 0.721. The fraction of sp³-hybridized carbons (Fsp3) is 0.538. The molecular formula is C13H19NO2. The monoisotopic (exact) mass is 221 g/mol. The summed E-state index contributed by atoms with van der Waals surface area (Å²) in [6, 6.07) is 8.21. The van der Waals surface area contributed by atoms with Crippen LogP contribution in [0.15, 0.2) is 24.3 Å². The maximum atomic E-state index is 9.18. The molecule has 0 radical (unpaired) electrons. The van der Waals surface area contributed by atoms with Gasteiger partial charge in [-0.3, -0.25) is 0 Å². The number of aliphatic hydroxyl groups excluding tert-OH is 1. The van der Waals surface area contributed by atoms with Crippen LogP contribution in [0.2, 0.25) is 0 Å². The third-order valence-corrected chi connectivity index (χ3v) is 3.11. The summed E-state index contributed by atoms with van der Waals surface area (Å²) in [4.78, 5) is 0. The Morgan fingerprint density at radius 2 is 1.94 bits per heavy atom. The highest BCUT2D eigenvalue weighted by Crippen LogP contribution is 2.20. The van der Waals surface area contributed by atoms with Gasteiger partial charge in [-0.1, -0.05) is 12.1 Å². The summed E-state index contributed by atoms with van der Waals surface area (Å²) in [6.07, 6.45) is 2.60. The molecule has 1 aliphatic rings. The SMILES string of the molecule is CC(Cc1ccc(O)cc1)NC1CC(O)C1. The molecule has 1 unspecified atom stereocenters. The van der Waals surface area contributed by atoms with Crippen LogP contribution in [0.4, 0.5) is 0 Å². The van der Waals surface area contributed by atoms with E-state index >= 15 is 0 Å². The molecule has 2 rings (SSSR count). The average Bonchev–Trinajstić information content (AvgIpc) is 2.19. The molecule has 3 N–H and O–H groups in total. The molecule has 3 heteroatoms. The molecule has 1 saturated carbocycles. The lowest BCUT2D eigenvalue weighted by Crippen LogP contribution is -2.48. The second-order valence-corrected chi connectivity index (χ2v) is 4.76. The third-order valence-electron chi connectivity index (χ3n) is 3.11. The van der Waals surface area contributed by atoms with Crippen molar-refractivity contribution in [3.63, 3.8) is 0 Å². The zero-order chi connectivity index (χ0) is 11.5. The van der Waals surface area contributed by atoms with Crippen molar-refractivity contribution in [1.82, 2.24) is 5.32 Å². The highest BCUT2D eigenvalue weighted by molar-refractivity contribution is 5.26. The zero-order valence-electron chi connectivity index (χ0n) is 9.56. The van der Waals surface area contributed by atoms with E-state index in [1.165, 1.54) is 5.56 Å². The van der Waals surface area contributed by atoms with E-state index in [-0.39, 0.29) is 6.10 Å². The number of phenolic OH excluding ortho intramolecular Hbond substituents is 1. The first kappa shape index (κ1) is 11.4. The summed E-state index contributed by atoms with van der Waals surface area (Å²) in [5.41, 5.74) is 1.22. The first-order valence-electron chi connectivity index (χ1n) is 5.85. The molecule has 1 aromatic carbocycles. The van der Waals surface area contributed by atoms with E-state index in [9.17, 15) is 5.11 Å². The molecule has 1 aromatic rings. The zero-order valence-corrected chi connectivity index (χ0v) is 9.56. The molecule has 0 saturated heterocycles. The molecule has 16 heavy (non-hydrogen) atoms. The number of hydrogen-bond donors (Lipinski definition) is 3. The normalized spacial score (nSPS) is 26.1. The highest BCUT2D eigenvalue weighted by Gasteiger charge is 2.27. The van der Waals surface area contributed by atoms with Crippen LogP contribution in [-0.2, 0) is 6.42 Å². The number of benzene rings is 1. The summed E-state index contributed by atoms with van der Waals surface area (Å²) in [6.45, 7) is 2.15. The Hall–Kier alpha value is -1.06. The van der Waals surface area contributed by atoms with E-state index < -0.39 is 0 Å². The fourth-order valence-electron chi connectivity index (χ4n) is 2.17. The highest BCUT2D eigenvalue weighted by atomic mass is 16.3. The molecule has 0 amide bonds. The van der Waals surface area contributed by atoms with Gasteiger partial charge in [-0.15, -0.1) is 0 Å². The van der Waals surface area contributed by atoms with Crippen LogP contribution in [0.1, 0.15) is 25.3 Å². The molecule has 0 aliphatic heterocycles. The Morgan fingerprint density at radius 1 is 1.31 bits per heavy atom. The van der Waals surface area contributed by atoms with Crippen LogP contribution in [0.3, 0.4) is 0 Å². The van der Waals surface area contributed by atoms with E-state index in [1.54, 1.807) is 12.1 Å². The van der Waals surface area contributed by atoms with Crippen molar-refractivity contribution >= 4 is 0 Å². The number of aromatic hydroxyl groups is 1. The van der Waals surface area contributed by atoms with Gasteiger partial charge < -0.3 is 15.5 Å². The van der Waals surface area contributed by atoms with Gasteiger partial charge in [0.05, 0.1) is 6.10 Å². The van der Waals surface area contributed by atoms with E-state index in [4.69, 9.17) is 5.11 Å². The minimum Gasteiger partial charge on any atom is -0.508 e. The number of hydrogen-bond acceptors (Lipinski definition) is 3. The van der Waals surface area contributed by atoms with Gasteiger partial charge >= 0.3 is 0 Å². The van der Waals surface area contributed by atoms with Crippen LogP contribution in [0.5, 0.6) is 5.75 Å². The average molecular weight is 221 g/mol. The molecule has 1 atom stereocenters. The molecule has 1 fully saturated rings. The van der Waals surface area contributed by atoms with Crippen LogP contribution in [0, 0.1) is 0 Å². The van der Waals surface area contributed by atoms with E-state index in [2.05, 4.69) is 12.2 Å². The maximum absolute atomic E-state index is 9.18. The van der Waals surface area contributed by atoms with Crippen molar-refractivity contribution in [3.8, 4) is 5.75 Å². The smallest absolute Gasteiger partial charge is 0.115 e. The first-order valence-corrected chi connectivity index (χ1v) is 5.85. The van der Waals surface area contributed by atoms with E-state index in [0.717, 1.165) is 19.3 Å². The molecule has 1 aliphatic carbocycles. The van der Waals surface area contributed by atoms with Gasteiger partial charge in [0.25, 0.3) is 0 Å². The molecule has 0 spiro atoms. The molecule has 0 aromatic heterocycles.